The first-order chi connectivity index (χ1) is 8.62. The predicted molar refractivity (Wildman–Crippen MR) is 74.3 cm³/mol. The smallest absolute Gasteiger partial charge is 0.321 e. The fourth-order valence-electron chi connectivity index (χ4n) is 1.71. The number of amides is 2. The number of rotatable bonds is 5. The van der Waals surface area contributed by atoms with E-state index in [0.29, 0.717) is 19.7 Å². The van der Waals surface area contributed by atoms with Gasteiger partial charge in [-0.2, -0.15) is 0 Å². The summed E-state index contributed by atoms with van der Waals surface area (Å²) < 4.78 is 5.53. The van der Waals surface area contributed by atoms with Gasteiger partial charge in [-0.15, -0.1) is 0 Å². The van der Waals surface area contributed by atoms with Gasteiger partial charge in [-0.25, -0.2) is 4.79 Å². The first-order valence-electron chi connectivity index (χ1n) is 6.41. The van der Waals surface area contributed by atoms with Gasteiger partial charge in [-0.1, -0.05) is 6.07 Å². The molecule has 0 radical (unpaired) electrons. The number of ether oxygens (including phenoxy) is 1. The molecule has 1 aromatic rings. The second-order valence-electron chi connectivity index (χ2n) is 4.04. The number of hydrogen-bond donors (Lipinski definition) is 1. The van der Waals surface area contributed by atoms with Crippen molar-refractivity contribution >= 4 is 11.7 Å². The quantitative estimate of drug-likeness (QED) is 0.871. The minimum Gasteiger partial charge on any atom is -0.492 e. The summed E-state index contributed by atoms with van der Waals surface area (Å²) in [6, 6.07) is 5.67. The summed E-state index contributed by atoms with van der Waals surface area (Å²) in [6.07, 6.45) is 0. The molecule has 18 heavy (non-hydrogen) atoms. The molecule has 0 aromatic heterocycles. The molecule has 0 aliphatic rings. The molecule has 100 valence electrons. The molecule has 0 bridgehead atoms. The van der Waals surface area contributed by atoms with E-state index in [4.69, 9.17) is 4.74 Å². The van der Waals surface area contributed by atoms with Gasteiger partial charge in [0.1, 0.15) is 5.75 Å². The lowest BCUT2D eigenvalue weighted by Gasteiger charge is -2.20. The summed E-state index contributed by atoms with van der Waals surface area (Å²) in [6.45, 7) is 9.81. The molecule has 0 spiro atoms. The fourth-order valence-corrected chi connectivity index (χ4v) is 1.71. The number of nitrogens with zero attached hydrogens (tertiary/aromatic N) is 1. The maximum absolute atomic E-state index is 12.0. The number of nitrogens with one attached hydrogen (secondary N) is 1. The number of anilines is 1. The zero-order chi connectivity index (χ0) is 13.5. The average Bonchev–Trinajstić information content (AvgIpc) is 2.34. The van der Waals surface area contributed by atoms with E-state index in [1.165, 1.54) is 0 Å². The van der Waals surface area contributed by atoms with Gasteiger partial charge >= 0.3 is 6.03 Å². The SMILES string of the molecule is CCOc1cc(C)ccc1NC(=O)N(CC)CC. The van der Waals surface area contributed by atoms with Gasteiger partial charge in [0, 0.05) is 13.1 Å². The highest BCUT2D eigenvalue weighted by Crippen LogP contribution is 2.26. The van der Waals surface area contributed by atoms with Gasteiger partial charge in [0.15, 0.2) is 0 Å². The lowest BCUT2D eigenvalue weighted by molar-refractivity contribution is 0.217. The van der Waals surface area contributed by atoms with E-state index in [9.17, 15) is 4.79 Å². The van der Waals surface area contributed by atoms with Crippen LogP contribution in [0.2, 0.25) is 0 Å². The van der Waals surface area contributed by atoms with Crippen LogP contribution in [-0.2, 0) is 0 Å². The van der Waals surface area contributed by atoms with Crippen molar-refractivity contribution in [2.45, 2.75) is 27.7 Å². The Bertz CT molecular complexity index is 401. The van der Waals surface area contributed by atoms with E-state index in [2.05, 4.69) is 5.32 Å². The highest BCUT2D eigenvalue weighted by molar-refractivity contribution is 5.91. The van der Waals surface area contributed by atoms with Crippen molar-refractivity contribution in [1.82, 2.24) is 4.90 Å². The molecule has 0 aliphatic carbocycles. The summed E-state index contributed by atoms with van der Waals surface area (Å²) in [5.74, 6) is 0.720. The third kappa shape index (κ3) is 3.65. The summed E-state index contributed by atoms with van der Waals surface area (Å²) >= 11 is 0. The van der Waals surface area contributed by atoms with Crippen LogP contribution in [0.4, 0.5) is 10.5 Å². The third-order valence-corrected chi connectivity index (χ3v) is 2.73. The van der Waals surface area contributed by atoms with Crippen LogP contribution in [0.15, 0.2) is 18.2 Å². The van der Waals surface area contributed by atoms with E-state index in [1.54, 1.807) is 4.90 Å². The van der Waals surface area contributed by atoms with E-state index < -0.39 is 0 Å². The maximum atomic E-state index is 12.0. The van der Waals surface area contributed by atoms with E-state index >= 15 is 0 Å². The van der Waals surface area contributed by atoms with Gasteiger partial charge in [0.2, 0.25) is 0 Å². The van der Waals surface area contributed by atoms with Crippen LogP contribution in [-0.4, -0.2) is 30.6 Å². The van der Waals surface area contributed by atoms with E-state index in [-0.39, 0.29) is 6.03 Å². The first-order valence-corrected chi connectivity index (χ1v) is 6.41. The molecule has 1 aromatic carbocycles. The van der Waals surface area contributed by atoms with Gasteiger partial charge in [0.05, 0.1) is 12.3 Å². The van der Waals surface area contributed by atoms with Crippen molar-refractivity contribution in [3.05, 3.63) is 23.8 Å². The Morgan fingerprint density at radius 3 is 2.50 bits per heavy atom. The number of hydrogen-bond acceptors (Lipinski definition) is 2. The number of carbonyl (C=O) groups excluding carboxylic acids is 1. The highest BCUT2D eigenvalue weighted by Gasteiger charge is 2.12. The van der Waals surface area contributed by atoms with Crippen LogP contribution in [0.1, 0.15) is 26.3 Å². The van der Waals surface area contributed by atoms with Crippen LogP contribution in [0.5, 0.6) is 5.75 Å². The van der Waals surface area contributed by atoms with Crippen LogP contribution in [0, 0.1) is 6.92 Å². The largest absolute Gasteiger partial charge is 0.492 e. The lowest BCUT2D eigenvalue weighted by atomic mass is 10.2. The molecular formula is C14H22N2O2. The molecule has 0 atom stereocenters. The molecule has 0 heterocycles. The monoisotopic (exact) mass is 250 g/mol. The van der Waals surface area contributed by atoms with Crippen LogP contribution < -0.4 is 10.1 Å². The normalized spacial score (nSPS) is 10.0. The number of aryl methyl sites for hydroxylation is 1. The van der Waals surface area contributed by atoms with Crippen LogP contribution >= 0.6 is 0 Å². The number of urea groups is 1. The zero-order valence-corrected chi connectivity index (χ0v) is 11.6. The van der Waals surface area contributed by atoms with Crippen molar-refractivity contribution in [3.63, 3.8) is 0 Å². The van der Waals surface area contributed by atoms with Gasteiger partial charge in [-0.05, 0) is 45.4 Å². The predicted octanol–water partition coefficient (Wildman–Crippen LogP) is 3.27. The van der Waals surface area contributed by atoms with Crippen molar-refractivity contribution < 1.29 is 9.53 Å². The van der Waals surface area contributed by atoms with Crippen LogP contribution in [0.25, 0.3) is 0 Å². The van der Waals surface area contributed by atoms with Gasteiger partial charge < -0.3 is 15.0 Å². The fraction of sp³-hybridized carbons (Fsp3) is 0.500. The Morgan fingerprint density at radius 2 is 1.94 bits per heavy atom. The van der Waals surface area contributed by atoms with E-state index in [0.717, 1.165) is 17.0 Å². The Balaban J connectivity index is 2.86. The number of carbonyl (C=O) groups is 1. The second kappa shape index (κ2) is 6.89. The summed E-state index contributed by atoms with van der Waals surface area (Å²) in [4.78, 5) is 13.7. The molecule has 0 saturated heterocycles. The Labute approximate surface area is 109 Å². The van der Waals surface area contributed by atoms with Crippen molar-refractivity contribution in [2.24, 2.45) is 0 Å². The Morgan fingerprint density at radius 1 is 1.28 bits per heavy atom. The lowest BCUT2D eigenvalue weighted by Crippen LogP contribution is -2.34. The minimum atomic E-state index is -0.0928. The molecule has 4 heteroatoms. The molecular weight excluding hydrogens is 228 g/mol. The zero-order valence-electron chi connectivity index (χ0n) is 11.6. The molecule has 0 unspecified atom stereocenters. The molecule has 4 nitrogen and oxygen atoms in total. The standard InChI is InChI=1S/C14H22N2O2/c1-5-16(6-2)14(17)15-12-9-8-11(4)10-13(12)18-7-3/h8-10H,5-7H2,1-4H3,(H,15,17). The maximum Gasteiger partial charge on any atom is 0.321 e. The van der Waals surface area contributed by atoms with Crippen molar-refractivity contribution in [1.29, 1.82) is 0 Å². The van der Waals surface area contributed by atoms with E-state index in [1.807, 2.05) is 45.9 Å². The van der Waals surface area contributed by atoms with Crippen molar-refractivity contribution in [2.75, 3.05) is 25.0 Å². The Hall–Kier alpha value is -1.71. The van der Waals surface area contributed by atoms with Gasteiger partial charge in [0.25, 0.3) is 0 Å². The molecule has 0 saturated carbocycles. The van der Waals surface area contributed by atoms with Crippen LogP contribution in [0.3, 0.4) is 0 Å². The molecule has 1 rings (SSSR count). The van der Waals surface area contributed by atoms with Crippen molar-refractivity contribution in [3.8, 4) is 5.75 Å². The summed E-state index contributed by atoms with van der Waals surface area (Å²) in [5.41, 5.74) is 1.83. The molecule has 1 N–H and O–H groups in total. The Kier molecular flexibility index (Phi) is 5.49. The topological polar surface area (TPSA) is 41.6 Å². The summed E-state index contributed by atoms with van der Waals surface area (Å²) in [7, 11) is 0. The molecule has 0 fully saturated rings. The molecule has 2 amide bonds. The second-order valence-corrected chi connectivity index (χ2v) is 4.04. The minimum absolute atomic E-state index is 0.0928. The third-order valence-electron chi connectivity index (χ3n) is 2.73. The summed E-state index contributed by atoms with van der Waals surface area (Å²) in [5, 5.41) is 2.89. The molecule has 0 aliphatic heterocycles. The highest BCUT2D eigenvalue weighted by atomic mass is 16.5. The first kappa shape index (κ1) is 14.4. The number of benzene rings is 1. The van der Waals surface area contributed by atoms with Gasteiger partial charge in [-0.3, -0.25) is 0 Å². The average molecular weight is 250 g/mol.